The number of imidazole rings is 1. The van der Waals surface area contributed by atoms with Crippen LogP contribution in [-0.2, 0) is 13.6 Å². The largest absolute Gasteiger partial charge is 0.481 e. The summed E-state index contributed by atoms with van der Waals surface area (Å²) in [6, 6.07) is 8.68. The third kappa shape index (κ3) is 4.44. The predicted octanol–water partition coefficient (Wildman–Crippen LogP) is 4.17. The van der Waals surface area contributed by atoms with Crippen LogP contribution in [0, 0.1) is 5.92 Å². The average molecular weight is 525 g/mol. The van der Waals surface area contributed by atoms with Gasteiger partial charge in [0.15, 0.2) is 11.6 Å². The number of methoxy groups -OCH3 is 1. The molecule has 0 spiro atoms. The number of ether oxygens (including phenoxy) is 2. The maximum absolute atomic E-state index is 13.5. The van der Waals surface area contributed by atoms with Gasteiger partial charge in [-0.05, 0) is 55.9 Å². The summed E-state index contributed by atoms with van der Waals surface area (Å²) in [5.74, 6) is 1.27. The van der Waals surface area contributed by atoms with Crippen LogP contribution < -0.4 is 15.2 Å². The zero-order valence-corrected chi connectivity index (χ0v) is 21.4. The monoisotopic (exact) mass is 524 g/mol. The number of pyridine rings is 1. The summed E-state index contributed by atoms with van der Waals surface area (Å²) < 4.78 is 41.1. The first kappa shape index (κ1) is 24.6. The third-order valence-electron chi connectivity index (χ3n) is 7.44. The highest BCUT2D eigenvalue weighted by Crippen LogP contribution is 2.38. The normalized spacial score (nSPS) is 18.1. The van der Waals surface area contributed by atoms with E-state index in [0.29, 0.717) is 41.7 Å². The van der Waals surface area contributed by atoms with Crippen molar-refractivity contribution in [3.05, 3.63) is 35.9 Å². The summed E-state index contributed by atoms with van der Waals surface area (Å²) in [6.45, 7) is -1.29. The number of hydrogen-bond acceptors (Lipinski definition) is 6. The van der Waals surface area contributed by atoms with Gasteiger partial charge in [0.1, 0.15) is 11.2 Å². The standard InChI is InChI=1S/C27H30F2N6O3/c1-33-23-19(10-17(12-21(23)38-27(28)29)26(36)34-9-3-4-18(30)14-34)31-25(33)20-11-16-7-8-22(37-2)32-24(16)35(20)13-15-5-6-15/h7-8,10-12,15,18,27H,3-6,9,13-14,30H2,1-2H3/t18-/m1/s1. The van der Waals surface area contributed by atoms with E-state index in [1.165, 1.54) is 6.07 Å². The van der Waals surface area contributed by atoms with Gasteiger partial charge in [0, 0.05) is 49.7 Å². The van der Waals surface area contributed by atoms with E-state index in [1.54, 1.807) is 29.7 Å². The number of halogens is 2. The average Bonchev–Trinajstić information content (AvgIpc) is 3.56. The van der Waals surface area contributed by atoms with Crippen LogP contribution in [0.15, 0.2) is 30.3 Å². The number of nitrogens with two attached hydrogens (primary N) is 1. The van der Waals surface area contributed by atoms with Gasteiger partial charge in [-0.2, -0.15) is 13.8 Å². The van der Waals surface area contributed by atoms with Crippen molar-refractivity contribution in [2.45, 2.75) is 44.9 Å². The topological polar surface area (TPSA) is 100 Å². The van der Waals surface area contributed by atoms with Crippen molar-refractivity contribution in [2.24, 2.45) is 18.7 Å². The summed E-state index contributed by atoms with van der Waals surface area (Å²) in [5.41, 5.74) is 8.70. The van der Waals surface area contributed by atoms with Crippen molar-refractivity contribution in [3.8, 4) is 23.1 Å². The van der Waals surface area contributed by atoms with Crippen LogP contribution in [0.5, 0.6) is 11.6 Å². The van der Waals surface area contributed by atoms with E-state index in [1.807, 2.05) is 18.2 Å². The first-order valence-electron chi connectivity index (χ1n) is 12.9. The van der Waals surface area contributed by atoms with Gasteiger partial charge in [0.25, 0.3) is 5.91 Å². The Morgan fingerprint density at radius 2 is 2.00 bits per heavy atom. The zero-order valence-electron chi connectivity index (χ0n) is 21.4. The molecule has 1 amide bonds. The van der Waals surface area contributed by atoms with E-state index >= 15 is 0 Å². The Hall–Kier alpha value is -3.73. The summed E-state index contributed by atoms with van der Waals surface area (Å²) in [4.78, 5) is 24.5. The molecule has 1 saturated carbocycles. The molecule has 4 aromatic rings. The van der Waals surface area contributed by atoms with E-state index in [2.05, 4.69) is 9.55 Å². The molecule has 2 N–H and O–H groups in total. The Balaban J connectivity index is 1.50. The van der Waals surface area contributed by atoms with Crippen molar-refractivity contribution in [3.63, 3.8) is 0 Å². The fraction of sp³-hybridized carbons (Fsp3) is 0.444. The molecule has 38 heavy (non-hydrogen) atoms. The van der Waals surface area contributed by atoms with E-state index in [9.17, 15) is 13.6 Å². The predicted molar refractivity (Wildman–Crippen MR) is 138 cm³/mol. The van der Waals surface area contributed by atoms with Crippen molar-refractivity contribution in [1.29, 1.82) is 0 Å². The molecule has 9 nitrogen and oxygen atoms in total. The van der Waals surface area contributed by atoms with Crippen molar-refractivity contribution < 1.29 is 23.0 Å². The molecule has 1 saturated heterocycles. The molecule has 0 bridgehead atoms. The number of benzene rings is 1. The van der Waals surface area contributed by atoms with Gasteiger partial charge in [-0.1, -0.05) is 0 Å². The number of nitrogens with zero attached hydrogens (tertiary/aromatic N) is 5. The Morgan fingerprint density at radius 3 is 2.71 bits per heavy atom. The second-order valence-electron chi connectivity index (χ2n) is 10.2. The number of piperidine rings is 1. The van der Waals surface area contributed by atoms with Crippen molar-refractivity contribution >= 4 is 28.0 Å². The molecule has 3 aromatic heterocycles. The molecule has 0 radical (unpaired) electrons. The molecule has 2 aliphatic rings. The van der Waals surface area contributed by atoms with E-state index in [-0.39, 0.29) is 23.3 Å². The van der Waals surface area contributed by atoms with Crippen LogP contribution in [0.2, 0.25) is 0 Å². The van der Waals surface area contributed by atoms with Crippen LogP contribution >= 0.6 is 0 Å². The highest BCUT2D eigenvalue weighted by atomic mass is 19.3. The van der Waals surface area contributed by atoms with Gasteiger partial charge >= 0.3 is 6.61 Å². The van der Waals surface area contributed by atoms with Crippen LogP contribution in [0.4, 0.5) is 8.78 Å². The second-order valence-corrected chi connectivity index (χ2v) is 10.2. The number of carbonyl (C=O) groups is 1. The molecule has 6 rings (SSSR count). The molecule has 2 fully saturated rings. The lowest BCUT2D eigenvalue weighted by atomic mass is 10.0. The summed E-state index contributed by atoms with van der Waals surface area (Å²) >= 11 is 0. The number of alkyl halides is 2. The highest BCUT2D eigenvalue weighted by molar-refractivity contribution is 6.00. The molecule has 1 aliphatic heterocycles. The lowest BCUT2D eigenvalue weighted by Gasteiger charge is -2.30. The number of fused-ring (bicyclic) bond motifs is 2. The molecule has 1 aliphatic carbocycles. The third-order valence-corrected chi connectivity index (χ3v) is 7.44. The van der Waals surface area contributed by atoms with Gasteiger partial charge < -0.3 is 29.2 Å². The number of likely N-dealkylation sites (tertiary alicyclic amines) is 1. The Morgan fingerprint density at radius 1 is 1.18 bits per heavy atom. The molecule has 1 aromatic carbocycles. The molecular weight excluding hydrogens is 494 g/mol. The van der Waals surface area contributed by atoms with Gasteiger partial charge in [-0.3, -0.25) is 4.79 Å². The molecule has 11 heteroatoms. The molecule has 200 valence electrons. The van der Waals surface area contributed by atoms with Crippen LogP contribution in [-0.4, -0.2) is 62.8 Å². The Labute approximate surface area is 218 Å². The maximum atomic E-state index is 13.5. The van der Waals surface area contributed by atoms with E-state index in [0.717, 1.165) is 49.0 Å². The first-order chi connectivity index (χ1) is 18.3. The number of carbonyl (C=O) groups excluding carboxylic acids is 1. The van der Waals surface area contributed by atoms with E-state index in [4.69, 9.17) is 20.2 Å². The van der Waals surface area contributed by atoms with Crippen LogP contribution in [0.25, 0.3) is 33.6 Å². The molecule has 1 atom stereocenters. The van der Waals surface area contributed by atoms with Gasteiger partial charge in [-0.15, -0.1) is 0 Å². The lowest BCUT2D eigenvalue weighted by molar-refractivity contribution is -0.0490. The number of aromatic nitrogens is 4. The van der Waals surface area contributed by atoms with Gasteiger partial charge in [0.05, 0.1) is 18.3 Å². The Kier molecular flexibility index (Phi) is 6.17. The van der Waals surface area contributed by atoms with Crippen molar-refractivity contribution in [2.75, 3.05) is 20.2 Å². The number of aryl methyl sites for hydroxylation is 1. The van der Waals surface area contributed by atoms with Gasteiger partial charge in [0.2, 0.25) is 5.88 Å². The highest BCUT2D eigenvalue weighted by Gasteiger charge is 2.28. The molecule has 4 heterocycles. The minimum atomic E-state index is -3.05. The second kappa shape index (κ2) is 9.54. The van der Waals surface area contributed by atoms with Crippen LogP contribution in [0.1, 0.15) is 36.0 Å². The minimum absolute atomic E-state index is 0.0898. The zero-order chi connectivity index (χ0) is 26.6. The number of hydrogen-bond donors (Lipinski definition) is 1. The number of amides is 1. The number of rotatable bonds is 7. The summed E-state index contributed by atoms with van der Waals surface area (Å²) in [6.07, 6.45) is 3.93. The fourth-order valence-electron chi connectivity index (χ4n) is 5.38. The fourth-order valence-corrected chi connectivity index (χ4v) is 5.38. The minimum Gasteiger partial charge on any atom is -0.481 e. The lowest BCUT2D eigenvalue weighted by Crippen LogP contribution is -2.45. The van der Waals surface area contributed by atoms with Crippen LogP contribution in [0.3, 0.4) is 0 Å². The summed E-state index contributed by atoms with van der Waals surface area (Å²) in [5, 5.41) is 0.926. The van der Waals surface area contributed by atoms with Crippen molar-refractivity contribution in [1.82, 2.24) is 24.0 Å². The van der Waals surface area contributed by atoms with E-state index < -0.39 is 6.61 Å². The SMILES string of the molecule is COc1ccc2cc(-c3nc4cc(C(=O)N5CCC[C@@H](N)C5)cc(OC(F)F)c4n3C)n(CC3CC3)c2n1. The first-order valence-corrected chi connectivity index (χ1v) is 12.9. The smallest absolute Gasteiger partial charge is 0.387 e. The maximum Gasteiger partial charge on any atom is 0.387 e. The quantitative estimate of drug-likeness (QED) is 0.390. The van der Waals surface area contributed by atoms with Gasteiger partial charge in [-0.25, -0.2) is 4.98 Å². The molecular formula is C27H30F2N6O3. The Bertz CT molecular complexity index is 1530. The summed E-state index contributed by atoms with van der Waals surface area (Å²) in [7, 11) is 3.34. The molecule has 0 unspecified atom stereocenters.